The van der Waals surface area contributed by atoms with Gasteiger partial charge in [0, 0.05) is 24.5 Å². The van der Waals surface area contributed by atoms with E-state index in [0.29, 0.717) is 6.04 Å². The van der Waals surface area contributed by atoms with Gasteiger partial charge in [0.15, 0.2) is 0 Å². The van der Waals surface area contributed by atoms with Gasteiger partial charge in [-0.05, 0) is 25.5 Å². The van der Waals surface area contributed by atoms with Crippen molar-refractivity contribution < 1.29 is 0 Å². The van der Waals surface area contributed by atoms with Crippen molar-refractivity contribution in [1.29, 1.82) is 0 Å². The molecule has 0 saturated carbocycles. The maximum atomic E-state index is 4.73. The summed E-state index contributed by atoms with van der Waals surface area (Å²) in [6.07, 6.45) is 0. The van der Waals surface area contributed by atoms with Gasteiger partial charge in [0.2, 0.25) is 0 Å². The van der Waals surface area contributed by atoms with Crippen molar-refractivity contribution in [2.75, 3.05) is 0 Å². The number of fused-ring (bicyclic) bond motifs is 1. The molecule has 0 aliphatic heterocycles. The van der Waals surface area contributed by atoms with Crippen molar-refractivity contribution >= 4 is 10.9 Å². The molecular weight excluding hydrogens is 258 g/mol. The van der Waals surface area contributed by atoms with Crippen LogP contribution in [-0.2, 0) is 13.1 Å². The van der Waals surface area contributed by atoms with Crippen LogP contribution in [0.25, 0.3) is 10.9 Å². The van der Waals surface area contributed by atoms with Crippen LogP contribution in [0.15, 0.2) is 54.6 Å². The van der Waals surface area contributed by atoms with E-state index >= 15 is 0 Å². The van der Waals surface area contributed by atoms with Gasteiger partial charge in [-0.3, -0.25) is 4.68 Å². The fraction of sp³-hybridized carbons (Fsp3) is 0.278. The Labute approximate surface area is 125 Å². The number of hydrogen-bond acceptors (Lipinski definition) is 2. The van der Waals surface area contributed by atoms with E-state index in [0.717, 1.165) is 18.8 Å². The molecule has 108 valence electrons. The third kappa shape index (κ3) is 2.83. The molecule has 1 N–H and O–H groups in total. The zero-order chi connectivity index (χ0) is 14.7. The maximum absolute atomic E-state index is 4.73. The smallest absolute Gasteiger partial charge is 0.0841 e. The third-order valence-corrected chi connectivity index (χ3v) is 3.91. The molecule has 0 aliphatic rings. The van der Waals surface area contributed by atoms with Gasteiger partial charge < -0.3 is 5.32 Å². The van der Waals surface area contributed by atoms with Crippen molar-refractivity contribution in [3.63, 3.8) is 0 Å². The highest BCUT2D eigenvalue weighted by atomic mass is 15.3. The summed E-state index contributed by atoms with van der Waals surface area (Å²) in [5, 5.41) is 9.54. The average Bonchev–Trinajstić information content (AvgIpc) is 2.91. The first-order chi connectivity index (χ1) is 10.3. The lowest BCUT2D eigenvalue weighted by Crippen LogP contribution is -2.18. The zero-order valence-corrected chi connectivity index (χ0v) is 12.6. The lowest BCUT2D eigenvalue weighted by Gasteiger charge is -2.13. The minimum Gasteiger partial charge on any atom is -0.304 e. The highest BCUT2D eigenvalue weighted by Crippen LogP contribution is 2.19. The Kier molecular flexibility index (Phi) is 4.02. The zero-order valence-electron chi connectivity index (χ0n) is 12.6. The van der Waals surface area contributed by atoms with E-state index in [1.807, 2.05) is 6.07 Å². The minimum absolute atomic E-state index is 0.316. The number of aryl methyl sites for hydroxylation is 1. The van der Waals surface area contributed by atoms with Gasteiger partial charge in [0.05, 0.1) is 11.2 Å². The number of rotatable bonds is 5. The van der Waals surface area contributed by atoms with Crippen LogP contribution in [0.3, 0.4) is 0 Å². The Bertz CT molecular complexity index is 716. The van der Waals surface area contributed by atoms with Crippen molar-refractivity contribution in [3.05, 3.63) is 65.9 Å². The highest BCUT2D eigenvalue weighted by molar-refractivity contribution is 5.81. The fourth-order valence-corrected chi connectivity index (χ4v) is 2.68. The summed E-state index contributed by atoms with van der Waals surface area (Å²) in [5.74, 6) is 0. The fourth-order valence-electron chi connectivity index (χ4n) is 2.68. The first kappa shape index (κ1) is 13.8. The SMILES string of the molecule is CCn1nc(CNC(C)c2ccccc2)c2ccccc21. The van der Waals surface area contributed by atoms with Gasteiger partial charge in [0.1, 0.15) is 0 Å². The number of hydrogen-bond donors (Lipinski definition) is 1. The van der Waals surface area contributed by atoms with E-state index in [1.54, 1.807) is 0 Å². The van der Waals surface area contributed by atoms with E-state index in [-0.39, 0.29) is 0 Å². The average molecular weight is 279 g/mol. The van der Waals surface area contributed by atoms with E-state index in [1.165, 1.54) is 16.5 Å². The van der Waals surface area contributed by atoms with Crippen LogP contribution in [0.5, 0.6) is 0 Å². The summed E-state index contributed by atoms with van der Waals surface area (Å²) in [7, 11) is 0. The van der Waals surface area contributed by atoms with Crippen molar-refractivity contribution in [2.24, 2.45) is 0 Å². The Morgan fingerprint density at radius 2 is 1.76 bits per heavy atom. The molecule has 0 aliphatic carbocycles. The summed E-state index contributed by atoms with van der Waals surface area (Å²) < 4.78 is 2.07. The van der Waals surface area contributed by atoms with Crippen LogP contribution in [0, 0.1) is 0 Å². The molecule has 0 amide bonds. The number of para-hydroxylation sites is 1. The predicted molar refractivity (Wildman–Crippen MR) is 87.1 cm³/mol. The van der Waals surface area contributed by atoms with Crippen LogP contribution in [0.1, 0.15) is 31.1 Å². The van der Waals surface area contributed by atoms with Crippen LogP contribution >= 0.6 is 0 Å². The largest absolute Gasteiger partial charge is 0.304 e. The molecule has 21 heavy (non-hydrogen) atoms. The van der Waals surface area contributed by atoms with Crippen LogP contribution in [-0.4, -0.2) is 9.78 Å². The van der Waals surface area contributed by atoms with Crippen molar-refractivity contribution in [2.45, 2.75) is 33.0 Å². The number of nitrogens with one attached hydrogen (secondary N) is 1. The van der Waals surface area contributed by atoms with Crippen molar-refractivity contribution in [1.82, 2.24) is 15.1 Å². The van der Waals surface area contributed by atoms with Crippen LogP contribution in [0.4, 0.5) is 0 Å². The molecule has 1 aromatic heterocycles. The number of aromatic nitrogens is 2. The Morgan fingerprint density at radius 3 is 2.52 bits per heavy atom. The van der Waals surface area contributed by atoms with Gasteiger partial charge in [-0.25, -0.2) is 0 Å². The molecule has 1 unspecified atom stereocenters. The quantitative estimate of drug-likeness (QED) is 0.767. The van der Waals surface area contributed by atoms with Gasteiger partial charge in [-0.1, -0.05) is 48.5 Å². The lowest BCUT2D eigenvalue weighted by molar-refractivity contribution is 0.558. The van der Waals surface area contributed by atoms with Crippen LogP contribution in [0.2, 0.25) is 0 Å². The predicted octanol–water partition coefficient (Wildman–Crippen LogP) is 3.91. The number of benzene rings is 2. The molecule has 0 bridgehead atoms. The van der Waals surface area contributed by atoms with E-state index in [9.17, 15) is 0 Å². The van der Waals surface area contributed by atoms with Gasteiger partial charge >= 0.3 is 0 Å². The summed E-state index contributed by atoms with van der Waals surface area (Å²) >= 11 is 0. The maximum Gasteiger partial charge on any atom is 0.0841 e. The molecule has 1 heterocycles. The molecular formula is C18H21N3. The monoisotopic (exact) mass is 279 g/mol. The van der Waals surface area contributed by atoms with Gasteiger partial charge in [-0.15, -0.1) is 0 Å². The highest BCUT2D eigenvalue weighted by Gasteiger charge is 2.10. The molecule has 3 nitrogen and oxygen atoms in total. The molecule has 0 fully saturated rings. The molecule has 3 aromatic rings. The molecule has 0 saturated heterocycles. The first-order valence-corrected chi connectivity index (χ1v) is 7.52. The lowest BCUT2D eigenvalue weighted by atomic mass is 10.1. The molecule has 0 spiro atoms. The van der Waals surface area contributed by atoms with E-state index in [4.69, 9.17) is 5.10 Å². The van der Waals surface area contributed by atoms with E-state index < -0.39 is 0 Å². The normalized spacial score (nSPS) is 12.7. The molecule has 0 radical (unpaired) electrons. The molecule has 3 rings (SSSR count). The van der Waals surface area contributed by atoms with Crippen molar-refractivity contribution in [3.8, 4) is 0 Å². The summed E-state index contributed by atoms with van der Waals surface area (Å²) in [6.45, 7) is 6.00. The summed E-state index contributed by atoms with van der Waals surface area (Å²) in [5.41, 5.74) is 3.64. The minimum atomic E-state index is 0.316. The van der Waals surface area contributed by atoms with Gasteiger partial charge in [0.25, 0.3) is 0 Å². The Hall–Kier alpha value is -2.13. The second-order valence-corrected chi connectivity index (χ2v) is 5.29. The van der Waals surface area contributed by atoms with E-state index in [2.05, 4.69) is 72.4 Å². The summed E-state index contributed by atoms with van der Waals surface area (Å²) in [4.78, 5) is 0. The second-order valence-electron chi connectivity index (χ2n) is 5.29. The topological polar surface area (TPSA) is 29.9 Å². The standard InChI is InChI=1S/C18H21N3/c1-3-21-18-12-8-7-11-16(18)17(20-21)13-19-14(2)15-9-5-4-6-10-15/h4-12,14,19H,3,13H2,1-2H3. The summed E-state index contributed by atoms with van der Waals surface area (Å²) in [6, 6.07) is 19.3. The Morgan fingerprint density at radius 1 is 1.05 bits per heavy atom. The molecule has 2 aromatic carbocycles. The Balaban J connectivity index is 1.79. The molecule has 3 heteroatoms. The third-order valence-electron chi connectivity index (χ3n) is 3.91. The van der Waals surface area contributed by atoms with Gasteiger partial charge in [-0.2, -0.15) is 5.10 Å². The first-order valence-electron chi connectivity index (χ1n) is 7.52. The van der Waals surface area contributed by atoms with Crippen LogP contribution < -0.4 is 5.32 Å². The molecule has 1 atom stereocenters. The number of nitrogens with zero attached hydrogens (tertiary/aromatic N) is 2. The second kappa shape index (κ2) is 6.10.